The molecule has 8 nitrogen and oxygen atoms in total. The topological polar surface area (TPSA) is 96.0 Å². The Morgan fingerprint density at radius 3 is 2.22 bits per heavy atom. The molecule has 0 spiro atoms. The Morgan fingerprint density at radius 1 is 1.02 bits per heavy atom. The van der Waals surface area contributed by atoms with Crippen LogP contribution in [0.5, 0.6) is 5.75 Å². The number of ether oxygens (including phenoxy) is 1. The van der Waals surface area contributed by atoms with Gasteiger partial charge >= 0.3 is 0 Å². The summed E-state index contributed by atoms with van der Waals surface area (Å²) in [6.45, 7) is 6.87. The van der Waals surface area contributed by atoms with Gasteiger partial charge in [-0.05, 0) is 75.2 Å². The summed E-state index contributed by atoms with van der Waals surface area (Å²) in [6.07, 6.45) is 0.722. The zero-order valence-electron chi connectivity index (χ0n) is 23.7. The Balaban J connectivity index is 2.06. The van der Waals surface area contributed by atoms with Gasteiger partial charge in [-0.2, -0.15) is 0 Å². The summed E-state index contributed by atoms with van der Waals surface area (Å²) in [7, 11) is -2.75. The average Bonchev–Trinajstić information content (AvgIpc) is 2.95. The van der Waals surface area contributed by atoms with Crippen LogP contribution in [0, 0.1) is 6.92 Å². The van der Waals surface area contributed by atoms with Crippen molar-refractivity contribution in [1.29, 1.82) is 0 Å². The van der Waals surface area contributed by atoms with E-state index >= 15 is 0 Å². The van der Waals surface area contributed by atoms with E-state index in [1.165, 1.54) is 36.3 Å². The molecule has 1 N–H and O–H groups in total. The molecule has 0 saturated carbocycles. The van der Waals surface area contributed by atoms with Crippen molar-refractivity contribution in [3.63, 3.8) is 0 Å². The van der Waals surface area contributed by atoms with Gasteiger partial charge in [0.2, 0.25) is 11.8 Å². The molecule has 41 heavy (non-hydrogen) atoms. The van der Waals surface area contributed by atoms with E-state index in [9.17, 15) is 18.0 Å². The van der Waals surface area contributed by atoms with Gasteiger partial charge in [0.05, 0.1) is 22.7 Å². The van der Waals surface area contributed by atoms with Gasteiger partial charge in [0.15, 0.2) is 0 Å². The smallest absolute Gasteiger partial charge is 0.264 e. The van der Waals surface area contributed by atoms with Crippen molar-refractivity contribution in [1.82, 2.24) is 10.2 Å². The Hall–Kier alpha value is -3.08. The molecule has 220 valence electrons. The summed E-state index contributed by atoms with van der Waals surface area (Å²) in [5, 5.41) is 3.11. The third-order valence-corrected chi connectivity index (χ3v) is 9.36. The average molecular weight is 665 g/mol. The number of aryl methyl sites for hydroxylation is 1. The number of benzene rings is 3. The second-order valence-electron chi connectivity index (χ2n) is 9.79. The minimum Gasteiger partial charge on any atom is -0.495 e. The fraction of sp³-hybridized carbons (Fsp3) is 0.333. The monoisotopic (exact) mass is 663 g/mol. The number of carbonyl (C=O) groups excluding carboxylic acids is 2. The number of hydrogen-bond acceptors (Lipinski definition) is 5. The van der Waals surface area contributed by atoms with Gasteiger partial charge in [0, 0.05) is 17.1 Å². The highest BCUT2D eigenvalue weighted by Gasteiger charge is 2.33. The Kier molecular flexibility index (Phi) is 11.2. The first kappa shape index (κ1) is 32.4. The standard InChI is InChI=1S/C30H35BrClN3O5S/c1-6-21(3)33-30(37)22(4)34(18-23-9-11-24(31)12-10-23)29(36)19-35(25-13-16-28(40-5)27(32)17-25)41(38,39)26-14-7-20(2)8-15-26/h7-17,21-22H,6,18-19H2,1-5H3,(H,33,37)/t21-,22-/m1/s1. The van der Waals surface area contributed by atoms with Crippen LogP contribution in [0.15, 0.2) is 76.1 Å². The van der Waals surface area contributed by atoms with Crippen LogP contribution in [0.4, 0.5) is 5.69 Å². The van der Waals surface area contributed by atoms with E-state index in [1.54, 1.807) is 25.1 Å². The molecule has 0 radical (unpaired) electrons. The third kappa shape index (κ3) is 8.24. The molecule has 0 heterocycles. The summed E-state index contributed by atoms with van der Waals surface area (Å²) in [6, 6.07) is 17.3. The molecule has 0 fully saturated rings. The van der Waals surface area contributed by atoms with E-state index in [-0.39, 0.29) is 34.1 Å². The molecule has 2 atom stereocenters. The predicted molar refractivity (Wildman–Crippen MR) is 166 cm³/mol. The lowest BCUT2D eigenvalue weighted by molar-refractivity contribution is -0.139. The summed E-state index contributed by atoms with van der Waals surface area (Å²) < 4.78 is 35.0. The van der Waals surface area contributed by atoms with Crippen LogP contribution in [0.1, 0.15) is 38.3 Å². The highest BCUT2D eigenvalue weighted by atomic mass is 79.9. The van der Waals surface area contributed by atoms with Crippen molar-refractivity contribution in [2.45, 2.75) is 57.6 Å². The zero-order chi connectivity index (χ0) is 30.3. The van der Waals surface area contributed by atoms with Crippen molar-refractivity contribution >= 4 is 55.1 Å². The van der Waals surface area contributed by atoms with Crippen LogP contribution < -0.4 is 14.4 Å². The third-order valence-electron chi connectivity index (χ3n) is 6.75. The number of rotatable bonds is 12. The number of nitrogens with zero attached hydrogens (tertiary/aromatic N) is 2. The lowest BCUT2D eigenvalue weighted by Gasteiger charge is -2.32. The molecule has 2 amide bonds. The minimum absolute atomic E-state index is 0.0184. The Labute approximate surface area is 255 Å². The van der Waals surface area contributed by atoms with Crippen LogP contribution in [0.25, 0.3) is 0 Å². The van der Waals surface area contributed by atoms with Gasteiger partial charge in [-0.1, -0.05) is 64.3 Å². The van der Waals surface area contributed by atoms with E-state index in [4.69, 9.17) is 16.3 Å². The SMILES string of the molecule is CC[C@@H](C)NC(=O)[C@@H](C)N(Cc1ccc(Br)cc1)C(=O)CN(c1ccc(OC)c(Cl)c1)S(=O)(=O)c1ccc(C)cc1. The predicted octanol–water partition coefficient (Wildman–Crippen LogP) is 5.95. The quantitative estimate of drug-likeness (QED) is 0.258. The molecule has 0 aliphatic rings. The molecule has 0 aliphatic carbocycles. The van der Waals surface area contributed by atoms with Crippen molar-refractivity contribution < 1.29 is 22.7 Å². The maximum Gasteiger partial charge on any atom is 0.264 e. The maximum atomic E-state index is 14.0. The normalized spacial score (nSPS) is 12.8. The molecule has 0 saturated heterocycles. The highest BCUT2D eigenvalue weighted by Crippen LogP contribution is 2.32. The van der Waals surface area contributed by atoms with E-state index in [0.717, 1.165) is 26.3 Å². The van der Waals surface area contributed by atoms with E-state index in [2.05, 4.69) is 21.2 Å². The van der Waals surface area contributed by atoms with Crippen molar-refractivity contribution in [3.05, 3.63) is 87.4 Å². The first-order valence-electron chi connectivity index (χ1n) is 13.1. The number of amides is 2. The molecule has 3 rings (SSSR count). The maximum absolute atomic E-state index is 14.0. The van der Waals surface area contributed by atoms with Crippen LogP contribution in [-0.2, 0) is 26.2 Å². The van der Waals surface area contributed by atoms with Gasteiger partial charge in [-0.3, -0.25) is 13.9 Å². The zero-order valence-corrected chi connectivity index (χ0v) is 26.9. The van der Waals surface area contributed by atoms with Crippen LogP contribution in [-0.4, -0.2) is 50.9 Å². The van der Waals surface area contributed by atoms with Gasteiger partial charge in [0.1, 0.15) is 18.3 Å². The van der Waals surface area contributed by atoms with Gasteiger partial charge in [0.25, 0.3) is 10.0 Å². The van der Waals surface area contributed by atoms with E-state index < -0.39 is 28.5 Å². The first-order chi connectivity index (χ1) is 19.4. The largest absolute Gasteiger partial charge is 0.495 e. The lowest BCUT2D eigenvalue weighted by Crippen LogP contribution is -2.52. The summed E-state index contributed by atoms with van der Waals surface area (Å²) >= 11 is 9.78. The summed E-state index contributed by atoms with van der Waals surface area (Å²) in [5.41, 5.74) is 1.86. The molecule has 3 aromatic rings. The molecule has 0 aromatic heterocycles. The number of halogens is 2. The number of carbonyl (C=O) groups is 2. The Morgan fingerprint density at radius 2 is 1.66 bits per heavy atom. The second kappa shape index (κ2) is 14.2. The number of nitrogens with one attached hydrogen (secondary N) is 1. The van der Waals surface area contributed by atoms with Gasteiger partial charge in [-0.25, -0.2) is 8.42 Å². The minimum atomic E-state index is -4.20. The second-order valence-corrected chi connectivity index (χ2v) is 13.0. The molecule has 0 bridgehead atoms. The number of hydrogen-bond donors (Lipinski definition) is 1. The van der Waals surface area contributed by atoms with Crippen molar-refractivity contribution in [3.8, 4) is 5.75 Å². The molecule has 3 aromatic carbocycles. The van der Waals surface area contributed by atoms with Crippen molar-refractivity contribution in [2.24, 2.45) is 0 Å². The lowest BCUT2D eigenvalue weighted by atomic mass is 10.1. The van der Waals surface area contributed by atoms with E-state index in [1.807, 2.05) is 45.0 Å². The fourth-order valence-corrected chi connectivity index (χ4v) is 5.93. The van der Waals surface area contributed by atoms with Gasteiger partial charge < -0.3 is 15.0 Å². The molecular weight excluding hydrogens is 630 g/mol. The number of methoxy groups -OCH3 is 1. The summed E-state index contributed by atoms with van der Waals surface area (Å²) in [4.78, 5) is 28.6. The van der Waals surface area contributed by atoms with Crippen molar-refractivity contribution in [2.75, 3.05) is 18.0 Å². The molecule has 0 aliphatic heterocycles. The fourth-order valence-electron chi connectivity index (χ4n) is 4.01. The molecule has 11 heteroatoms. The van der Waals surface area contributed by atoms with E-state index in [0.29, 0.717) is 5.75 Å². The van der Waals surface area contributed by atoms with Crippen LogP contribution in [0.3, 0.4) is 0 Å². The molecule has 0 unspecified atom stereocenters. The van der Waals surface area contributed by atoms with Crippen LogP contribution >= 0.6 is 27.5 Å². The van der Waals surface area contributed by atoms with Gasteiger partial charge in [-0.15, -0.1) is 0 Å². The van der Waals surface area contributed by atoms with Crippen LogP contribution in [0.2, 0.25) is 5.02 Å². The highest BCUT2D eigenvalue weighted by molar-refractivity contribution is 9.10. The summed E-state index contributed by atoms with van der Waals surface area (Å²) in [5.74, 6) is -0.519. The molecular formula is C30H35BrClN3O5S. The Bertz CT molecular complexity index is 1470. The number of sulfonamides is 1. The number of anilines is 1. The first-order valence-corrected chi connectivity index (χ1v) is 15.8.